The Morgan fingerprint density at radius 3 is 1.35 bits per heavy atom. The molecule has 4 heterocycles. The number of alkyl halides is 12. The first kappa shape index (κ1) is 71.4. The molecule has 29 heteroatoms. The van der Waals surface area contributed by atoms with Crippen LogP contribution in [0.15, 0.2) is 83.7 Å². The summed E-state index contributed by atoms with van der Waals surface area (Å²) in [6, 6.07) is 9.73. The Hall–Kier alpha value is -7.46. The van der Waals surface area contributed by atoms with Gasteiger partial charge in [0.15, 0.2) is 11.6 Å². The lowest BCUT2D eigenvalue weighted by atomic mass is 9.80. The van der Waals surface area contributed by atoms with Gasteiger partial charge >= 0.3 is 48.8 Å². The summed E-state index contributed by atoms with van der Waals surface area (Å²) in [5.41, 5.74) is -4.71. The summed E-state index contributed by atoms with van der Waals surface area (Å²) in [5.74, 6) is 1.01. The van der Waals surface area contributed by atoms with Crippen LogP contribution in [0.5, 0.6) is 0 Å². The van der Waals surface area contributed by atoms with Crippen LogP contribution >= 0.6 is 15.9 Å². The van der Waals surface area contributed by atoms with E-state index >= 15 is 0 Å². The number of carboxylic acid groups (broad SMARTS) is 1. The van der Waals surface area contributed by atoms with Crippen LogP contribution in [0.4, 0.5) is 73.9 Å². The van der Waals surface area contributed by atoms with E-state index in [1.54, 1.807) is 13.1 Å². The summed E-state index contributed by atoms with van der Waals surface area (Å²) in [7, 11) is 0. The minimum atomic E-state index is -5.05. The molecule has 5 aromatic rings. The van der Waals surface area contributed by atoms with Gasteiger partial charge in [0.2, 0.25) is 0 Å². The fraction of sp³-hybridized carbons (Fsp3) is 0.531. The van der Waals surface area contributed by atoms with Crippen molar-refractivity contribution >= 4 is 51.7 Å². The Morgan fingerprint density at radius 2 is 0.968 bits per heavy atom. The van der Waals surface area contributed by atoms with E-state index < -0.39 is 101 Å². The summed E-state index contributed by atoms with van der Waals surface area (Å²) in [6.07, 6.45) is -14.2. The average Bonchev–Trinajstić information content (AvgIpc) is 1.71. The SMILES string of the molecule is CCN(CC1CCC(CC(=O)O)CC1)c1ncc(-c2ccccc2)nc1CN1C(=O)OC(c2cc(C(F)(F)F)cc(C(F)(F)F)c2)[C@@H]1C.CCOC(=O)CC1CCC(CN(CC)c2ncc(Br)nc2CN2C(=O)OC(c3cc(C(F)(F)F)cc(C(F)(F)F)c3)[C@@H]2C)CC1. The Bertz CT molecular complexity index is 3350. The molecule has 4 atom stereocenters. The van der Waals surface area contributed by atoms with E-state index in [0.29, 0.717) is 103 Å². The van der Waals surface area contributed by atoms with E-state index in [1.807, 2.05) is 54.0 Å². The molecule has 3 aromatic carbocycles. The van der Waals surface area contributed by atoms with Crippen molar-refractivity contribution in [3.8, 4) is 11.3 Å². The zero-order valence-electron chi connectivity index (χ0n) is 51.4. The molecule has 0 spiro atoms. The van der Waals surface area contributed by atoms with Crippen molar-refractivity contribution in [2.24, 2.45) is 23.7 Å². The number of rotatable bonds is 20. The van der Waals surface area contributed by atoms with Crippen molar-refractivity contribution < 1.29 is 91.2 Å². The molecule has 93 heavy (non-hydrogen) atoms. The summed E-state index contributed by atoms with van der Waals surface area (Å²) in [4.78, 5) is 74.5. The predicted octanol–water partition coefficient (Wildman–Crippen LogP) is 16.3. The number of carbonyl (C=O) groups excluding carboxylic acids is 3. The fourth-order valence-electron chi connectivity index (χ4n) is 12.5. The molecule has 0 radical (unpaired) electrons. The zero-order valence-corrected chi connectivity index (χ0v) is 53.0. The second kappa shape index (κ2) is 29.9. The molecule has 2 aliphatic carbocycles. The van der Waals surface area contributed by atoms with Crippen LogP contribution in [0.25, 0.3) is 11.3 Å². The molecule has 2 saturated carbocycles. The van der Waals surface area contributed by atoms with Crippen LogP contribution in [0.1, 0.15) is 156 Å². The fourth-order valence-corrected chi connectivity index (χ4v) is 12.8. The van der Waals surface area contributed by atoms with Gasteiger partial charge in [-0.1, -0.05) is 30.3 Å². The van der Waals surface area contributed by atoms with Crippen LogP contribution < -0.4 is 9.80 Å². The minimum absolute atomic E-state index is 0.0393. The van der Waals surface area contributed by atoms with Gasteiger partial charge in [-0.3, -0.25) is 19.4 Å². The smallest absolute Gasteiger partial charge is 0.416 e. The van der Waals surface area contributed by atoms with E-state index in [0.717, 1.165) is 56.9 Å². The van der Waals surface area contributed by atoms with E-state index in [-0.39, 0.29) is 55.4 Å². The van der Waals surface area contributed by atoms with Crippen LogP contribution in [0.2, 0.25) is 0 Å². The quantitative estimate of drug-likeness (QED) is 0.0441. The van der Waals surface area contributed by atoms with Crippen LogP contribution in [0, 0.1) is 23.7 Å². The summed E-state index contributed by atoms with van der Waals surface area (Å²) < 4.78 is 179. The van der Waals surface area contributed by atoms with Crippen molar-refractivity contribution in [3.63, 3.8) is 0 Å². The van der Waals surface area contributed by atoms with Gasteiger partial charge in [-0.2, -0.15) is 52.7 Å². The van der Waals surface area contributed by atoms with Crippen molar-refractivity contribution in [1.82, 2.24) is 29.7 Å². The molecule has 2 saturated heterocycles. The summed E-state index contributed by atoms with van der Waals surface area (Å²) >= 11 is 3.31. The molecule has 4 fully saturated rings. The van der Waals surface area contributed by atoms with Crippen molar-refractivity contribution in [1.29, 1.82) is 0 Å². The molecule has 9 rings (SSSR count). The monoisotopic (exact) mass is 1390 g/mol. The maximum absolute atomic E-state index is 13.6. The number of carbonyl (C=O) groups is 4. The number of nitrogens with zero attached hydrogens (tertiary/aromatic N) is 8. The normalized spacial score (nSPS) is 22.0. The van der Waals surface area contributed by atoms with E-state index in [2.05, 4.69) is 25.9 Å². The van der Waals surface area contributed by atoms with Gasteiger partial charge in [0.05, 0.1) is 72.1 Å². The Kier molecular flexibility index (Phi) is 22.9. The molecule has 506 valence electrons. The second-order valence-corrected chi connectivity index (χ2v) is 24.6. The summed E-state index contributed by atoms with van der Waals surface area (Å²) in [5, 5.41) is 9.17. The molecule has 0 bridgehead atoms. The van der Waals surface area contributed by atoms with Gasteiger partial charge in [0, 0.05) is 44.6 Å². The number of benzene rings is 3. The third kappa shape index (κ3) is 18.3. The first-order valence-electron chi connectivity index (χ1n) is 30.6. The molecule has 4 aliphatic rings. The first-order chi connectivity index (χ1) is 43.7. The number of aliphatic carboxylic acids is 1. The largest absolute Gasteiger partial charge is 0.481 e. The lowest BCUT2D eigenvalue weighted by Gasteiger charge is -2.33. The zero-order chi connectivity index (χ0) is 67.9. The number of carboxylic acids is 1. The number of amides is 2. The van der Waals surface area contributed by atoms with E-state index in [9.17, 15) is 77.0 Å². The van der Waals surface area contributed by atoms with Crippen LogP contribution in [0.3, 0.4) is 0 Å². The highest BCUT2D eigenvalue weighted by Gasteiger charge is 2.46. The molecular formula is C64H71BrF12N8O8. The molecule has 2 unspecified atom stereocenters. The maximum atomic E-state index is 13.6. The third-order valence-corrected chi connectivity index (χ3v) is 17.8. The van der Waals surface area contributed by atoms with Crippen molar-refractivity contribution in [3.05, 3.63) is 128 Å². The lowest BCUT2D eigenvalue weighted by Crippen LogP contribution is -2.36. The number of ether oxygens (including phenoxy) is 3. The number of esters is 1. The number of hydrogen-bond donors (Lipinski definition) is 1. The highest BCUT2D eigenvalue weighted by molar-refractivity contribution is 9.10. The van der Waals surface area contributed by atoms with Gasteiger partial charge in [-0.25, -0.2) is 29.5 Å². The van der Waals surface area contributed by atoms with Crippen molar-refractivity contribution in [2.45, 2.75) is 161 Å². The molecule has 2 aliphatic heterocycles. The lowest BCUT2D eigenvalue weighted by molar-refractivity contribution is -0.145. The number of aromatic nitrogens is 4. The first-order valence-corrected chi connectivity index (χ1v) is 31.4. The van der Waals surface area contributed by atoms with Gasteiger partial charge < -0.3 is 29.1 Å². The number of anilines is 2. The Balaban J connectivity index is 0.000000240. The van der Waals surface area contributed by atoms with Gasteiger partial charge in [0.1, 0.15) is 28.2 Å². The molecule has 16 nitrogen and oxygen atoms in total. The number of cyclic esters (lactones) is 2. The third-order valence-electron chi connectivity index (χ3n) is 17.5. The van der Waals surface area contributed by atoms with Crippen LogP contribution in [-0.2, 0) is 61.6 Å². The standard InChI is InChI=1S/C34H36F6N4O4.C30H35BrF6N4O4/c1-3-43(18-22-11-9-21(10-12-22)13-29(45)46)31-28(42-27(17-41-31)23-7-5-4-6-8-23)19-44-20(2)30(48-32(44)47)24-14-25(33(35,36)37)16-26(15-24)34(38,39)40;1-4-40(15-19-8-6-18(7-9-19)10-25(42)44-5-2)27-23(39-24(31)14-38-27)16-41-17(3)26(45-28(41)43)20-11-21(29(32,33)34)13-22(12-20)30(35,36)37/h4-8,14-17,20-22,30H,3,9-13,18-19H2,1-2H3,(H,45,46);11-14,17-19,26H,4-10,15-16H2,1-3H3/t20-,21?,22?,30?;17-,18?,19?,26?/m00/s1. The predicted molar refractivity (Wildman–Crippen MR) is 319 cm³/mol. The molecular weight excluding hydrogens is 1320 g/mol. The second-order valence-electron chi connectivity index (χ2n) is 23.8. The average molecular weight is 1390 g/mol. The summed E-state index contributed by atoms with van der Waals surface area (Å²) in [6.45, 7) is 11.1. The highest BCUT2D eigenvalue weighted by Crippen LogP contribution is 2.45. The molecule has 1 N–H and O–H groups in total. The number of halogens is 13. The number of hydrogen-bond acceptors (Lipinski definition) is 13. The van der Waals surface area contributed by atoms with Crippen molar-refractivity contribution in [2.75, 3.05) is 42.6 Å². The van der Waals surface area contributed by atoms with Gasteiger partial charge in [-0.05, 0) is 173 Å². The van der Waals surface area contributed by atoms with Gasteiger partial charge in [-0.15, -0.1) is 0 Å². The van der Waals surface area contributed by atoms with E-state index in [4.69, 9.17) is 24.2 Å². The van der Waals surface area contributed by atoms with E-state index in [1.165, 1.54) is 29.8 Å². The topological polar surface area (TPSA) is 181 Å². The Labute approximate surface area is 537 Å². The van der Waals surface area contributed by atoms with Crippen LogP contribution in [-0.4, -0.2) is 104 Å². The maximum Gasteiger partial charge on any atom is 0.416 e. The molecule has 2 amide bonds. The Morgan fingerprint density at radius 1 is 0.581 bits per heavy atom. The highest BCUT2D eigenvalue weighted by atomic mass is 79.9. The molecule has 2 aromatic heterocycles. The van der Waals surface area contributed by atoms with Gasteiger partial charge in [0.25, 0.3) is 0 Å². The minimum Gasteiger partial charge on any atom is -0.481 e.